The van der Waals surface area contributed by atoms with Gasteiger partial charge in [-0.15, -0.1) is 0 Å². The fraction of sp³-hybridized carbons (Fsp3) is 0.435. The number of unbranched alkanes of at least 4 members (excludes halogenated alkanes) is 7. The average molecular weight is 525 g/mol. The standard InChI is InChI=1S/C23H32N2PSe2/c1-2-3-4-5-6-7-8-10-13-20-16-18-21(19-17-20)25-23(24)26(27,28)22-14-11-9-12-15-22/h9,11-12,14-19H,2-8,10,13H2,1H3,(H2,24,25). The summed E-state index contributed by atoms with van der Waals surface area (Å²) >= 11 is 6.51. The molecule has 2 nitrogen and oxygen atoms in total. The summed E-state index contributed by atoms with van der Waals surface area (Å²) in [5.74, 6) is 0. The molecular weight excluding hydrogens is 493 g/mol. The van der Waals surface area contributed by atoms with E-state index in [-0.39, 0.29) is 0 Å². The predicted octanol–water partition coefficient (Wildman–Crippen LogP) is 5.83. The monoisotopic (exact) mass is 527 g/mol. The van der Waals surface area contributed by atoms with E-state index < -0.39 is 4.64 Å². The van der Waals surface area contributed by atoms with Crippen molar-refractivity contribution in [1.29, 1.82) is 0 Å². The van der Waals surface area contributed by atoms with Crippen molar-refractivity contribution in [2.24, 2.45) is 10.7 Å². The molecule has 0 saturated carbocycles. The predicted molar refractivity (Wildman–Crippen MR) is 129 cm³/mol. The first-order valence-corrected chi connectivity index (χ1v) is 16.6. The summed E-state index contributed by atoms with van der Waals surface area (Å²) in [5.41, 5.74) is 9.30. The van der Waals surface area contributed by atoms with Gasteiger partial charge in [-0.25, -0.2) is 0 Å². The van der Waals surface area contributed by atoms with Gasteiger partial charge < -0.3 is 0 Å². The Hall–Kier alpha value is -0.621. The molecule has 0 fully saturated rings. The Bertz CT molecular complexity index is 715. The number of aliphatic imine (C=N–C) groups is 1. The molecule has 0 amide bonds. The molecule has 0 aliphatic carbocycles. The van der Waals surface area contributed by atoms with Gasteiger partial charge in [-0.05, 0) is 0 Å². The van der Waals surface area contributed by atoms with Gasteiger partial charge in [0.2, 0.25) is 0 Å². The number of nitrogens with two attached hydrogens (primary N) is 1. The molecule has 2 aromatic rings. The summed E-state index contributed by atoms with van der Waals surface area (Å²) in [4.78, 5) is 4.67. The summed E-state index contributed by atoms with van der Waals surface area (Å²) in [7, 11) is 0. The van der Waals surface area contributed by atoms with E-state index in [2.05, 4.69) is 79.5 Å². The van der Waals surface area contributed by atoms with E-state index in [0.29, 0.717) is 5.58 Å². The molecule has 0 bridgehead atoms. The van der Waals surface area contributed by atoms with Crippen LogP contribution in [0, 0.1) is 0 Å². The van der Waals surface area contributed by atoms with Gasteiger partial charge in [0.1, 0.15) is 0 Å². The van der Waals surface area contributed by atoms with Crippen LogP contribution < -0.4 is 11.0 Å². The van der Waals surface area contributed by atoms with Gasteiger partial charge in [0, 0.05) is 0 Å². The van der Waals surface area contributed by atoms with Crippen molar-refractivity contribution in [1.82, 2.24) is 0 Å². The number of nitrogens with zero attached hydrogens (tertiary/aromatic N) is 1. The summed E-state index contributed by atoms with van der Waals surface area (Å²) in [6.45, 7) is 2.27. The molecule has 28 heavy (non-hydrogen) atoms. The van der Waals surface area contributed by atoms with Crippen LogP contribution in [0.4, 0.5) is 5.69 Å². The van der Waals surface area contributed by atoms with Gasteiger partial charge in [-0.1, -0.05) is 32.6 Å². The second-order valence-corrected chi connectivity index (χ2v) is 19.7. The van der Waals surface area contributed by atoms with Gasteiger partial charge in [0.05, 0.1) is 0 Å². The Morgan fingerprint density at radius 1 is 0.893 bits per heavy atom. The van der Waals surface area contributed by atoms with Crippen molar-refractivity contribution in [3.63, 3.8) is 0 Å². The zero-order valence-corrected chi connectivity index (χ0v) is 21.2. The second kappa shape index (κ2) is 12.8. The van der Waals surface area contributed by atoms with Crippen LogP contribution in [0.5, 0.6) is 0 Å². The first-order chi connectivity index (χ1) is 13.5. The summed E-state index contributed by atoms with van der Waals surface area (Å²) in [6, 6.07) is 18.8. The third-order valence-corrected chi connectivity index (χ3v) is 11.6. The van der Waals surface area contributed by atoms with Gasteiger partial charge in [0.25, 0.3) is 0 Å². The molecule has 0 saturated heterocycles. The van der Waals surface area contributed by atoms with E-state index >= 15 is 0 Å². The van der Waals surface area contributed by atoms with Crippen LogP contribution in [-0.2, 0) is 6.42 Å². The van der Waals surface area contributed by atoms with Crippen LogP contribution in [-0.4, -0.2) is 36.7 Å². The fourth-order valence-corrected chi connectivity index (χ4v) is 6.28. The molecule has 2 rings (SSSR count). The molecule has 0 aliphatic rings. The number of aryl methyl sites for hydroxylation is 1. The summed E-state index contributed by atoms with van der Waals surface area (Å²) in [5, 5.41) is 1.18. The molecule has 5 heteroatoms. The summed E-state index contributed by atoms with van der Waals surface area (Å²) in [6.07, 6.45) is 12.0. The van der Waals surface area contributed by atoms with Crippen LogP contribution in [0.15, 0.2) is 59.6 Å². The van der Waals surface area contributed by atoms with Gasteiger partial charge in [0.15, 0.2) is 0 Å². The van der Waals surface area contributed by atoms with E-state index in [1.807, 2.05) is 18.2 Å². The van der Waals surface area contributed by atoms with Crippen LogP contribution in [0.3, 0.4) is 0 Å². The molecular formula is C23H32N2PSe2. The first-order valence-electron chi connectivity index (χ1n) is 10.3. The molecule has 151 valence electrons. The Balaban J connectivity index is 1.81. The summed E-state index contributed by atoms with van der Waals surface area (Å²) < 4.78 is -1.82. The Kier molecular flexibility index (Phi) is 10.8. The molecule has 0 heterocycles. The van der Waals surface area contributed by atoms with Crippen molar-refractivity contribution in [3.8, 4) is 0 Å². The quantitative estimate of drug-likeness (QED) is 0.122. The molecule has 2 N–H and O–H groups in total. The molecule has 2 aromatic carbocycles. The number of amidine groups is 1. The number of hydrogen-bond acceptors (Lipinski definition) is 1. The molecule has 0 spiro atoms. The van der Waals surface area contributed by atoms with Gasteiger partial charge in [-0.2, -0.15) is 0 Å². The van der Waals surface area contributed by atoms with Crippen molar-refractivity contribution in [2.45, 2.75) is 64.7 Å². The SMILES string of the molecule is CCCCCCCCCCc1ccc(N=C(N)[P+]([Se])([Se-])c2ccccc2)cc1. The van der Waals surface area contributed by atoms with E-state index in [0.717, 1.165) is 12.1 Å². The van der Waals surface area contributed by atoms with Gasteiger partial charge >= 0.3 is 155 Å². The second-order valence-electron chi connectivity index (χ2n) is 7.25. The van der Waals surface area contributed by atoms with E-state index in [9.17, 15) is 0 Å². The van der Waals surface area contributed by atoms with Crippen LogP contribution in [0.25, 0.3) is 0 Å². The minimum atomic E-state index is -1.82. The van der Waals surface area contributed by atoms with Crippen LogP contribution in [0.1, 0.15) is 63.9 Å². The van der Waals surface area contributed by atoms with Gasteiger partial charge in [-0.3, -0.25) is 0 Å². The molecule has 1 radical (unpaired) electrons. The zero-order chi connectivity index (χ0) is 20.2. The Morgan fingerprint density at radius 3 is 2.07 bits per heavy atom. The topological polar surface area (TPSA) is 38.4 Å². The molecule has 0 atom stereocenters. The Morgan fingerprint density at radius 2 is 1.46 bits per heavy atom. The van der Waals surface area contributed by atoms with Crippen molar-refractivity contribution in [2.75, 3.05) is 0 Å². The molecule has 0 aromatic heterocycles. The van der Waals surface area contributed by atoms with Crippen LogP contribution >= 0.6 is 4.64 Å². The van der Waals surface area contributed by atoms with E-state index in [1.54, 1.807) is 0 Å². The first kappa shape index (κ1) is 23.7. The maximum absolute atomic E-state index is 6.35. The van der Waals surface area contributed by atoms with E-state index in [1.165, 1.54) is 62.2 Å². The molecule has 0 unspecified atom stereocenters. The maximum atomic E-state index is 6.35. The molecule has 0 aliphatic heterocycles. The van der Waals surface area contributed by atoms with Crippen molar-refractivity contribution in [3.05, 3.63) is 60.2 Å². The minimum absolute atomic E-state index is 0.648. The number of rotatable bonds is 12. The fourth-order valence-electron chi connectivity index (χ4n) is 3.15. The van der Waals surface area contributed by atoms with Crippen LogP contribution in [0.2, 0.25) is 0 Å². The van der Waals surface area contributed by atoms with Crippen molar-refractivity contribution >= 4 is 52.4 Å². The average Bonchev–Trinajstić information content (AvgIpc) is 2.72. The normalized spacial score (nSPS) is 14.0. The third-order valence-electron chi connectivity index (χ3n) is 4.90. The number of benzene rings is 2. The van der Waals surface area contributed by atoms with Crippen molar-refractivity contribution < 1.29 is 0 Å². The zero-order valence-electron chi connectivity index (χ0n) is 16.8. The number of hydrogen-bond donors (Lipinski definition) is 1. The Labute approximate surface area is 187 Å². The third kappa shape index (κ3) is 8.02. The van der Waals surface area contributed by atoms with E-state index in [4.69, 9.17) is 5.73 Å².